The van der Waals surface area contributed by atoms with Gasteiger partial charge in [-0.1, -0.05) is 31.0 Å². The van der Waals surface area contributed by atoms with E-state index in [2.05, 4.69) is 6.92 Å². The summed E-state index contributed by atoms with van der Waals surface area (Å²) in [6.07, 6.45) is 6.56. The van der Waals surface area contributed by atoms with Crippen LogP contribution in [0.4, 0.5) is 0 Å². The van der Waals surface area contributed by atoms with Crippen LogP contribution in [0, 0.1) is 6.92 Å². The summed E-state index contributed by atoms with van der Waals surface area (Å²) >= 11 is 0. The van der Waals surface area contributed by atoms with Crippen LogP contribution in [-0.2, 0) is 23.8 Å². The number of aryl methyl sites for hydroxylation is 1. The predicted octanol–water partition coefficient (Wildman–Crippen LogP) is 4.19. The van der Waals surface area contributed by atoms with E-state index in [1.807, 2.05) is 6.92 Å². The molecule has 0 aliphatic carbocycles. The zero-order valence-electron chi connectivity index (χ0n) is 15.3. The molecule has 0 bridgehead atoms. The molecule has 0 saturated carbocycles. The number of ether oxygens (including phenoxy) is 2. The van der Waals surface area contributed by atoms with Crippen LogP contribution in [0.5, 0.6) is 0 Å². The van der Waals surface area contributed by atoms with Crippen molar-refractivity contribution in [2.45, 2.75) is 76.1 Å². The van der Waals surface area contributed by atoms with Crippen molar-refractivity contribution in [2.75, 3.05) is 13.2 Å². The summed E-state index contributed by atoms with van der Waals surface area (Å²) in [5, 5.41) is 0. The van der Waals surface area contributed by atoms with E-state index in [0.717, 1.165) is 50.7 Å². The Morgan fingerprint density at radius 2 is 1.96 bits per heavy atom. The Bertz CT molecular complexity index is 591. The Balaban J connectivity index is 1.75. The quantitative estimate of drug-likeness (QED) is 0.456. The molecule has 6 heteroatoms. The van der Waals surface area contributed by atoms with Gasteiger partial charge in [-0.2, -0.15) is 8.42 Å². The SMILES string of the molecule is CCCC(CCCOS(=O)(=O)c1ccc(C)cc1)O[C@H]1CCCCO1. The maximum absolute atomic E-state index is 12.2. The van der Waals surface area contributed by atoms with E-state index in [0.29, 0.717) is 6.42 Å². The van der Waals surface area contributed by atoms with Gasteiger partial charge < -0.3 is 9.47 Å². The molecule has 1 aromatic rings. The first-order chi connectivity index (χ1) is 12.0. The Morgan fingerprint density at radius 1 is 1.20 bits per heavy atom. The fourth-order valence-corrected chi connectivity index (χ4v) is 3.83. The molecule has 0 aromatic heterocycles. The minimum absolute atomic E-state index is 0.0961. The Labute approximate surface area is 151 Å². The van der Waals surface area contributed by atoms with Crippen LogP contribution in [0.15, 0.2) is 29.2 Å². The van der Waals surface area contributed by atoms with Gasteiger partial charge in [-0.15, -0.1) is 0 Å². The zero-order valence-corrected chi connectivity index (χ0v) is 16.1. The summed E-state index contributed by atoms with van der Waals surface area (Å²) in [6.45, 7) is 4.98. The fraction of sp³-hybridized carbons (Fsp3) is 0.684. The third-order valence-corrected chi connectivity index (χ3v) is 5.64. The molecule has 25 heavy (non-hydrogen) atoms. The van der Waals surface area contributed by atoms with Gasteiger partial charge in [0.15, 0.2) is 6.29 Å². The fourth-order valence-electron chi connectivity index (χ4n) is 2.89. The average molecular weight is 371 g/mol. The molecule has 5 nitrogen and oxygen atoms in total. The van der Waals surface area contributed by atoms with Gasteiger partial charge >= 0.3 is 0 Å². The monoisotopic (exact) mass is 370 g/mol. The van der Waals surface area contributed by atoms with Crippen LogP contribution in [0.2, 0.25) is 0 Å². The second kappa shape index (κ2) is 10.3. The van der Waals surface area contributed by atoms with Gasteiger partial charge in [-0.25, -0.2) is 0 Å². The molecule has 142 valence electrons. The molecule has 1 aliphatic heterocycles. The van der Waals surface area contributed by atoms with Crippen molar-refractivity contribution in [1.29, 1.82) is 0 Å². The van der Waals surface area contributed by atoms with Crippen LogP contribution in [0.25, 0.3) is 0 Å². The lowest BCUT2D eigenvalue weighted by molar-refractivity contribution is -0.190. The van der Waals surface area contributed by atoms with Crippen molar-refractivity contribution in [2.24, 2.45) is 0 Å². The highest BCUT2D eigenvalue weighted by Crippen LogP contribution is 2.20. The van der Waals surface area contributed by atoms with Gasteiger partial charge in [-0.3, -0.25) is 4.18 Å². The van der Waals surface area contributed by atoms with E-state index in [-0.39, 0.29) is 23.9 Å². The van der Waals surface area contributed by atoms with E-state index in [9.17, 15) is 8.42 Å². The van der Waals surface area contributed by atoms with Crippen molar-refractivity contribution >= 4 is 10.1 Å². The lowest BCUT2D eigenvalue weighted by Gasteiger charge is -2.27. The highest BCUT2D eigenvalue weighted by molar-refractivity contribution is 7.86. The lowest BCUT2D eigenvalue weighted by Crippen LogP contribution is -2.28. The van der Waals surface area contributed by atoms with E-state index >= 15 is 0 Å². The number of benzene rings is 1. The minimum atomic E-state index is -3.68. The standard InChI is InChI=1S/C19H30O5S/c1-3-7-17(24-19-9-4-5-14-22-19)8-6-15-23-25(20,21)18-12-10-16(2)11-13-18/h10-13,17,19H,3-9,14-15H2,1-2H3/t17?,19-/m0/s1. The van der Waals surface area contributed by atoms with E-state index < -0.39 is 10.1 Å². The van der Waals surface area contributed by atoms with Gasteiger partial charge in [0.2, 0.25) is 0 Å². The zero-order chi connectivity index (χ0) is 18.1. The van der Waals surface area contributed by atoms with Crippen molar-refractivity contribution < 1.29 is 22.1 Å². The summed E-state index contributed by atoms with van der Waals surface area (Å²) in [5.41, 5.74) is 1.02. The molecule has 1 aliphatic rings. The number of hydrogen-bond donors (Lipinski definition) is 0. The molecule has 1 aromatic carbocycles. The maximum atomic E-state index is 12.2. The molecule has 1 heterocycles. The van der Waals surface area contributed by atoms with Gasteiger partial charge in [0.05, 0.1) is 17.6 Å². The smallest absolute Gasteiger partial charge is 0.296 e. The van der Waals surface area contributed by atoms with Gasteiger partial charge in [0.1, 0.15) is 0 Å². The Kier molecular flexibility index (Phi) is 8.36. The molecular formula is C19H30O5S. The molecule has 1 saturated heterocycles. The maximum Gasteiger partial charge on any atom is 0.296 e. The van der Waals surface area contributed by atoms with E-state index in [1.54, 1.807) is 24.3 Å². The molecular weight excluding hydrogens is 340 g/mol. The highest BCUT2D eigenvalue weighted by atomic mass is 32.2. The predicted molar refractivity (Wildman–Crippen MR) is 96.9 cm³/mol. The third kappa shape index (κ3) is 7.05. The molecule has 2 atom stereocenters. The molecule has 0 N–H and O–H groups in total. The number of hydrogen-bond acceptors (Lipinski definition) is 5. The highest BCUT2D eigenvalue weighted by Gasteiger charge is 2.20. The summed E-state index contributed by atoms with van der Waals surface area (Å²) in [4.78, 5) is 0.204. The summed E-state index contributed by atoms with van der Waals surface area (Å²) in [5.74, 6) is 0. The minimum Gasteiger partial charge on any atom is -0.353 e. The molecule has 0 spiro atoms. The number of rotatable bonds is 10. The van der Waals surface area contributed by atoms with Crippen molar-refractivity contribution in [3.05, 3.63) is 29.8 Å². The topological polar surface area (TPSA) is 61.8 Å². The second-order valence-corrected chi connectivity index (χ2v) is 8.19. The molecule has 0 radical (unpaired) electrons. The van der Waals surface area contributed by atoms with Crippen molar-refractivity contribution in [1.82, 2.24) is 0 Å². The first-order valence-corrected chi connectivity index (χ1v) is 10.7. The average Bonchev–Trinajstić information content (AvgIpc) is 2.60. The van der Waals surface area contributed by atoms with Gasteiger partial charge in [-0.05, 0) is 57.6 Å². The van der Waals surface area contributed by atoms with E-state index in [1.165, 1.54) is 0 Å². The van der Waals surface area contributed by atoms with Crippen molar-refractivity contribution in [3.8, 4) is 0 Å². The van der Waals surface area contributed by atoms with Crippen LogP contribution in [0.3, 0.4) is 0 Å². The van der Waals surface area contributed by atoms with Gasteiger partial charge in [0, 0.05) is 6.61 Å². The molecule has 1 unspecified atom stereocenters. The summed E-state index contributed by atoms with van der Waals surface area (Å²) < 4.78 is 41.1. The van der Waals surface area contributed by atoms with Crippen molar-refractivity contribution in [3.63, 3.8) is 0 Å². The lowest BCUT2D eigenvalue weighted by atomic mass is 10.1. The van der Waals surface area contributed by atoms with Crippen LogP contribution in [0.1, 0.15) is 57.4 Å². The van der Waals surface area contributed by atoms with Crippen LogP contribution < -0.4 is 0 Å². The molecule has 1 fully saturated rings. The van der Waals surface area contributed by atoms with E-state index in [4.69, 9.17) is 13.7 Å². The normalized spacial score (nSPS) is 19.7. The second-order valence-electron chi connectivity index (χ2n) is 6.57. The Morgan fingerprint density at radius 3 is 2.60 bits per heavy atom. The summed E-state index contributed by atoms with van der Waals surface area (Å²) in [7, 11) is -3.68. The first kappa shape index (κ1) is 20.4. The van der Waals surface area contributed by atoms with Crippen LogP contribution in [-0.4, -0.2) is 34.0 Å². The molecule has 0 amide bonds. The summed E-state index contributed by atoms with van der Waals surface area (Å²) in [6, 6.07) is 6.69. The Hall–Kier alpha value is -0.950. The molecule has 2 rings (SSSR count). The largest absolute Gasteiger partial charge is 0.353 e. The third-order valence-electron chi connectivity index (χ3n) is 4.31. The first-order valence-electron chi connectivity index (χ1n) is 9.24. The van der Waals surface area contributed by atoms with Crippen LogP contribution >= 0.6 is 0 Å². The van der Waals surface area contributed by atoms with Gasteiger partial charge in [0.25, 0.3) is 10.1 Å².